The average molecular weight is 294 g/mol. The molecule has 1 saturated heterocycles. The number of likely N-dealkylation sites (tertiary alicyclic amines) is 1. The minimum absolute atomic E-state index is 0.304. The smallest absolute Gasteiger partial charge is 0.236 e. The summed E-state index contributed by atoms with van der Waals surface area (Å²) < 4.78 is 0. The van der Waals surface area contributed by atoms with Gasteiger partial charge >= 0.3 is 0 Å². The van der Waals surface area contributed by atoms with Crippen molar-refractivity contribution in [3.05, 3.63) is 0 Å². The van der Waals surface area contributed by atoms with Crippen LogP contribution < -0.4 is 5.32 Å². The fraction of sp³-hybridized carbons (Fsp3) is 0.944. The van der Waals surface area contributed by atoms with Crippen LogP contribution in [0.4, 0.5) is 0 Å². The van der Waals surface area contributed by atoms with Crippen molar-refractivity contribution < 1.29 is 4.79 Å². The van der Waals surface area contributed by atoms with Crippen molar-refractivity contribution in [1.29, 1.82) is 0 Å². The van der Waals surface area contributed by atoms with Gasteiger partial charge in [-0.3, -0.25) is 4.79 Å². The quantitative estimate of drug-likeness (QED) is 0.863. The van der Waals surface area contributed by atoms with Crippen LogP contribution in [0.3, 0.4) is 0 Å². The summed E-state index contributed by atoms with van der Waals surface area (Å²) >= 11 is 0. The van der Waals surface area contributed by atoms with Gasteiger partial charge in [0, 0.05) is 19.1 Å². The number of hydrogen-bond acceptors (Lipinski definition) is 2. The summed E-state index contributed by atoms with van der Waals surface area (Å²) in [5.74, 6) is 0.304. The number of rotatable bonds is 3. The zero-order chi connectivity index (χ0) is 15.5. The van der Waals surface area contributed by atoms with E-state index in [1.165, 1.54) is 44.9 Å². The van der Waals surface area contributed by atoms with Crippen LogP contribution in [-0.4, -0.2) is 36.5 Å². The Morgan fingerprint density at radius 1 is 1.00 bits per heavy atom. The van der Waals surface area contributed by atoms with Gasteiger partial charge in [-0.15, -0.1) is 0 Å². The molecule has 2 fully saturated rings. The molecule has 2 aliphatic rings. The number of amides is 1. The van der Waals surface area contributed by atoms with Gasteiger partial charge in [-0.2, -0.15) is 0 Å². The Kier molecular flexibility index (Phi) is 5.34. The topological polar surface area (TPSA) is 32.3 Å². The van der Waals surface area contributed by atoms with Gasteiger partial charge < -0.3 is 10.2 Å². The van der Waals surface area contributed by atoms with Crippen molar-refractivity contribution in [2.24, 2.45) is 10.8 Å². The first-order chi connectivity index (χ1) is 9.77. The molecular formula is C18H34N2O. The van der Waals surface area contributed by atoms with Crippen molar-refractivity contribution in [2.75, 3.05) is 19.6 Å². The molecule has 0 aromatic carbocycles. The molecule has 0 radical (unpaired) electrons. The van der Waals surface area contributed by atoms with Crippen LogP contribution in [0.5, 0.6) is 0 Å². The third-order valence-electron chi connectivity index (χ3n) is 5.06. The van der Waals surface area contributed by atoms with Gasteiger partial charge in [-0.1, -0.05) is 40.5 Å². The molecule has 1 amide bonds. The highest BCUT2D eigenvalue weighted by Crippen LogP contribution is 2.45. The number of carbonyl (C=O) groups excluding carboxylic acids is 1. The summed E-state index contributed by atoms with van der Waals surface area (Å²) in [4.78, 5) is 14.4. The minimum atomic E-state index is 0.304. The number of hydrogen-bond donors (Lipinski definition) is 1. The van der Waals surface area contributed by atoms with Crippen LogP contribution in [0, 0.1) is 10.8 Å². The molecule has 0 spiro atoms. The molecular weight excluding hydrogens is 260 g/mol. The Bertz CT molecular complexity index is 338. The van der Waals surface area contributed by atoms with Gasteiger partial charge in [0.1, 0.15) is 0 Å². The molecule has 0 aromatic rings. The highest BCUT2D eigenvalue weighted by molar-refractivity contribution is 5.78. The first-order valence-electron chi connectivity index (χ1n) is 8.79. The van der Waals surface area contributed by atoms with Gasteiger partial charge in [0.15, 0.2) is 0 Å². The molecule has 3 heteroatoms. The monoisotopic (exact) mass is 294 g/mol. The van der Waals surface area contributed by atoms with Crippen LogP contribution in [-0.2, 0) is 4.79 Å². The van der Waals surface area contributed by atoms with E-state index in [0.717, 1.165) is 13.1 Å². The Balaban J connectivity index is 1.82. The second-order valence-corrected chi connectivity index (χ2v) is 8.79. The highest BCUT2D eigenvalue weighted by Gasteiger charge is 2.38. The highest BCUT2D eigenvalue weighted by atomic mass is 16.2. The molecule has 1 N–H and O–H groups in total. The van der Waals surface area contributed by atoms with Crippen molar-refractivity contribution in [1.82, 2.24) is 10.2 Å². The van der Waals surface area contributed by atoms with Crippen LogP contribution in [0.1, 0.15) is 72.6 Å². The van der Waals surface area contributed by atoms with Crippen LogP contribution in [0.15, 0.2) is 0 Å². The second-order valence-electron chi connectivity index (χ2n) is 8.79. The van der Waals surface area contributed by atoms with Crippen molar-refractivity contribution in [3.63, 3.8) is 0 Å². The number of nitrogens with zero attached hydrogens (tertiary/aromatic N) is 1. The third kappa shape index (κ3) is 5.28. The lowest BCUT2D eigenvalue weighted by Crippen LogP contribution is -2.47. The molecule has 2 rings (SSSR count). The fourth-order valence-corrected chi connectivity index (χ4v) is 4.65. The zero-order valence-electron chi connectivity index (χ0n) is 14.5. The molecule has 1 aliphatic heterocycles. The average Bonchev–Trinajstić information content (AvgIpc) is 2.61. The minimum Gasteiger partial charge on any atom is -0.342 e. The summed E-state index contributed by atoms with van der Waals surface area (Å²) in [6.07, 6.45) is 8.56. The van der Waals surface area contributed by atoms with E-state index < -0.39 is 0 Å². The molecule has 0 atom stereocenters. The predicted molar refractivity (Wildman–Crippen MR) is 88.3 cm³/mol. The van der Waals surface area contributed by atoms with Crippen molar-refractivity contribution in [3.8, 4) is 0 Å². The lowest BCUT2D eigenvalue weighted by atomic mass is 9.63. The Hall–Kier alpha value is -0.570. The lowest BCUT2D eigenvalue weighted by Gasteiger charge is -2.45. The summed E-state index contributed by atoms with van der Waals surface area (Å²) in [6.45, 7) is 11.9. The fourth-order valence-electron chi connectivity index (χ4n) is 4.65. The summed E-state index contributed by atoms with van der Waals surface area (Å²) in [7, 11) is 0. The van der Waals surface area contributed by atoms with E-state index >= 15 is 0 Å². The molecule has 3 nitrogen and oxygen atoms in total. The van der Waals surface area contributed by atoms with Gasteiger partial charge in [0.25, 0.3) is 0 Å². The second kappa shape index (κ2) is 6.68. The zero-order valence-corrected chi connectivity index (χ0v) is 14.5. The maximum atomic E-state index is 12.4. The maximum Gasteiger partial charge on any atom is 0.236 e. The molecule has 0 unspecified atom stereocenters. The van der Waals surface area contributed by atoms with Gasteiger partial charge in [0.05, 0.1) is 6.54 Å². The molecule has 0 aromatic heterocycles. The van der Waals surface area contributed by atoms with Gasteiger partial charge in [-0.25, -0.2) is 0 Å². The molecule has 1 saturated carbocycles. The van der Waals surface area contributed by atoms with E-state index in [-0.39, 0.29) is 0 Å². The largest absolute Gasteiger partial charge is 0.342 e. The standard InChI is InChI=1S/C18H34N2O/c1-17(2)11-15(12-18(3,4)14-17)19-13-16(21)20-9-7-5-6-8-10-20/h15,19H,5-14H2,1-4H3. The first-order valence-corrected chi connectivity index (χ1v) is 8.79. The summed E-state index contributed by atoms with van der Waals surface area (Å²) in [5, 5.41) is 3.56. The molecule has 21 heavy (non-hydrogen) atoms. The van der Waals surface area contributed by atoms with Crippen LogP contribution in [0.2, 0.25) is 0 Å². The molecule has 1 aliphatic carbocycles. The van der Waals surface area contributed by atoms with E-state index in [1.54, 1.807) is 0 Å². The van der Waals surface area contributed by atoms with E-state index in [4.69, 9.17) is 0 Å². The Labute approximate surface area is 130 Å². The number of nitrogens with one attached hydrogen (secondary N) is 1. The van der Waals surface area contributed by atoms with E-state index in [9.17, 15) is 4.79 Å². The summed E-state index contributed by atoms with van der Waals surface area (Å²) in [6, 6.07) is 0.486. The Morgan fingerprint density at radius 3 is 2.05 bits per heavy atom. The molecule has 0 bridgehead atoms. The van der Waals surface area contributed by atoms with Crippen LogP contribution >= 0.6 is 0 Å². The first kappa shape index (κ1) is 16.8. The third-order valence-corrected chi connectivity index (χ3v) is 5.06. The molecule has 1 heterocycles. The van der Waals surface area contributed by atoms with Crippen molar-refractivity contribution in [2.45, 2.75) is 78.7 Å². The van der Waals surface area contributed by atoms with Crippen molar-refractivity contribution >= 4 is 5.91 Å². The van der Waals surface area contributed by atoms with E-state index in [2.05, 4.69) is 37.9 Å². The SMILES string of the molecule is CC1(C)CC(NCC(=O)N2CCCCCC2)CC(C)(C)C1. The van der Waals surface area contributed by atoms with Gasteiger partial charge in [0.2, 0.25) is 5.91 Å². The van der Waals surface area contributed by atoms with Gasteiger partial charge in [-0.05, 0) is 42.9 Å². The predicted octanol–water partition coefficient (Wildman–Crippen LogP) is 3.58. The van der Waals surface area contributed by atoms with E-state index in [0.29, 0.717) is 29.3 Å². The number of carbonyl (C=O) groups is 1. The normalized spacial score (nSPS) is 26.4. The van der Waals surface area contributed by atoms with Crippen LogP contribution in [0.25, 0.3) is 0 Å². The molecule has 122 valence electrons. The lowest BCUT2D eigenvalue weighted by molar-refractivity contribution is -0.130. The maximum absolute atomic E-state index is 12.4. The van der Waals surface area contributed by atoms with E-state index in [1.807, 2.05) is 0 Å². The summed E-state index contributed by atoms with van der Waals surface area (Å²) in [5.41, 5.74) is 0.760. The Morgan fingerprint density at radius 2 is 1.52 bits per heavy atom.